The molecule has 1 heterocycles. The zero-order valence-corrected chi connectivity index (χ0v) is 8.34. The minimum Gasteiger partial charge on any atom is -0.461 e. The van der Waals surface area contributed by atoms with Gasteiger partial charge in [-0.2, -0.15) is 0 Å². The summed E-state index contributed by atoms with van der Waals surface area (Å²) < 4.78 is 6.48. The van der Waals surface area contributed by atoms with Crippen molar-refractivity contribution in [2.75, 3.05) is 6.61 Å². The normalized spacial score (nSPS) is 10.1. The van der Waals surface area contributed by atoms with Crippen molar-refractivity contribution in [2.45, 2.75) is 20.4 Å². The maximum absolute atomic E-state index is 11.3. The lowest BCUT2D eigenvalue weighted by Crippen LogP contribution is -2.11. The van der Waals surface area contributed by atoms with Crippen LogP contribution in [-0.2, 0) is 11.3 Å². The Labute approximate surface area is 81.5 Å². The van der Waals surface area contributed by atoms with Crippen LogP contribution in [-0.4, -0.2) is 22.1 Å². The largest absolute Gasteiger partial charge is 0.461 e. The predicted octanol–water partition coefficient (Wildman–Crippen LogP) is 1.73. The number of carbonyl (C=O) groups excluding carboxylic acids is 1. The van der Waals surface area contributed by atoms with Crippen molar-refractivity contribution in [1.29, 1.82) is 0 Å². The minimum absolute atomic E-state index is 0.195. The molecule has 0 fully saturated rings. The van der Waals surface area contributed by atoms with Gasteiger partial charge >= 0.3 is 5.97 Å². The Morgan fingerprint density at radius 3 is 2.92 bits per heavy atom. The highest BCUT2D eigenvalue weighted by Crippen LogP contribution is 2.14. The zero-order chi connectivity index (χ0) is 9.84. The molecule has 1 aromatic heterocycles. The molecule has 1 aromatic rings. The number of carbonyl (C=O) groups is 1. The Balaban J connectivity index is 2.96. The van der Waals surface area contributed by atoms with Crippen molar-refractivity contribution in [1.82, 2.24) is 9.55 Å². The number of rotatable bonds is 3. The van der Waals surface area contributed by atoms with E-state index in [-0.39, 0.29) is 5.15 Å². The molecule has 0 unspecified atom stereocenters. The Hall–Kier alpha value is -1.03. The molecule has 0 aliphatic carbocycles. The second-order valence-electron chi connectivity index (χ2n) is 2.39. The topological polar surface area (TPSA) is 44.1 Å². The molecule has 0 saturated carbocycles. The Morgan fingerprint density at radius 1 is 1.69 bits per heavy atom. The third-order valence-electron chi connectivity index (χ3n) is 1.60. The first kappa shape index (κ1) is 10.1. The minimum atomic E-state index is -0.424. The molecule has 0 aliphatic rings. The van der Waals surface area contributed by atoms with Crippen LogP contribution in [0.2, 0.25) is 5.15 Å². The lowest BCUT2D eigenvalue weighted by molar-refractivity contribution is 0.0514. The van der Waals surface area contributed by atoms with Gasteiger partial charge in [-0.1, -0.05) is 11.6 Å². The highest BCUT2D eigenvalue weighted by Gasteiger charge is 2.17. The van der Waals surface area contributed by atoms with E-state index in [0.717, 1.165) is 0 Å². The fourth-order valence-corrected chi connectivity index (χ4v) is 1.23. The first-order chi connectivity index (χ1) is 6.20. The third-order valence-corrected chi connectivity index (χ3v) is 1.88. The number of halogens is 1. The Kier molecular flexibility index (Phi) is 3.31. The van der Waals surface area contributed by atoms with Gasteiger partial charge in [0.05, 0.1) is 12.9 Å². The molecule has 0 bridgehead atoms. The van der Waals surface area contributed by atoms with Gasteiger partial charge in [-0.15, -0.1) is 0 Å². The summed E-state index contributed by atoms with van der Waals surface area (Å²) in [6.07, 6.45) is 1.52. The van der Waals surface area contributed by atoms with Crippen LogP contribution in [0.25, 0.3) is 0 Å². The summed E-state index contributed by atoms with van der Waals surface area (Å²) in [4.78, 5) is 15.2. The molecule has 0 saturated heterocycles. The lowest BCUT2D eigenvalue weighted by atomic mass is 10.4. The third kappa shape index (κ3) is 2.01. The average molecular weight is 203 g/mol. The molecule has 0 N–H and O–H groups in total. The zero-order valence-electron chi connectivity index (χ0n) is 7.58. The van der Waals surface area contributed by atoms with Crippen molar-refractivity contribution in [3.8, 4) is 0 Å². The standard InChI is InChI=1S/C8H11ClN2O2/c1-3-11-5-10-7(9)6(11)8(12)13-4-2/h5H,3-4H2,1-2H3. The van der Waals surface area contributed by atoms with Gasteiger partial charge in [0.15, 0.2) is 10.8 Å². The molecular formula is C8H11ClN2O2. The number of ether oxygens (including phenoxy) is 1. The van der Waals surface area contributed by atoms with Crippen LogP contribution in [0.15, 0.2) is 6.33 Å². The molecule has 5 heteroatoms. The molecule has 0 radical (unpaired) electrons. The van der Waals surface area contributed by atoms with E-state index in [2.05, 4.69) is 4.98 Å². The predicted molar refractivity (Wildman–Crippen MR) is 48.9 cm³/mol. The summed E-state index contributed by atoms with van der Waals surface area (Å²) in [7, 11) is 0. The molecule has 13 heavy (non-hydrogen) atoms. The number of hydrogen-bond acceptors (Lipinski definition) is 3. The fraction of sp³-hybridized carbons (Fsp3) is 0.500. The van der Waals surface area contributed by atoms with Crippen molar-refractivity contribution < 1.29 is 9.53 Å². The Bertz CT molecular complexity index is 309. The molecular weight excluding hydrogens is 192 g/mol. The monoisotopic (exact) mass is 202 g/mol. The number of hydrogen-bond donors (Lipinski definition) is 0. The van der Waals surface area contributed by atoms with Crippen LogP contribution in [0.3, 0.4) is 0 Å². The summed E-state index contributed by atoms with van der Waals surface area (Å²) in [6.45, 7) is 4.64. The van der Waals surface area contributed by atoms with Crippen molar-refractivity contribution in [3.05, 3.63) is 17.2 Å². The maximum Gasteiger partial charge on any atom is 0.358 e. The SMILES string of the molecule is CCOC(=O)c1c(Cl)ncn1CC. The Morgan fingerprint density at radius 2 is 2.38 bits per heavy atom. The first-order valence-electron chi connectivity index (χ1n) is 4.08. The second kappa shape index (κ2) is 4.28. The molecule has 1 rings (SSSR count). The molecule has 72 valence electrons. The second-order valence-corrected chi connectivity index (χ2v) is 2.75. The number of aryl methyl sites for hydroxylation is 1. The van der Waals surface area contributed by atoms with Gasteiger partial charge in [-0.3, -0.25) is 0 Å². The summed E-state index contributed by atoms with van der Waals surface area (Å²) in [5, 5.41) is 0.195. The van der Waals surface area contributed by atoms with E-state index in [0.29, 0.717) is 18.8 Å². The summed E-state index contributed by atoms with van der Waals surface area (Å²) >= 11 is 5.72. The van der Waals surface area contributed by atoms with E-state index >= 15 is 0 Å². The van der Waals surface area contributed by atoms with Crippen LogP contribution in [0.4, 0.5) is 0 Å². The van der Waals surface area contributed by atoms with Crippen LogP contribution < -0.4 is 0 Å². The molecule has 0 spiro atoms. The number of imidazole rings is 1. The van der Waals surface area contributed by atoms with E-state index in [1.807, 2.05) is 6.92 Å². The van der Waals surface area contributed by atoms with E-state index in [4.69, 9.17) is 16.3 Å². The van der Waals surface area contributed by atoms with Gasteiger partial charge in [0.2, 0.25) is 0 Å². The van der Waals surface area contributed by atoms with Gasteiger partial charge in [0.1, 0.15) is 0 Å². The van der Waals surface area contributed by atoms with Gasteiger partial charge in [0.25, 0.3) is 0 Å². The van der Waals surface area contributed by atoms with Gasteiger partial charge in [-0.05, 0) is 13.8 Å². The van der Waals surface area contributed by atoms with E-state index in [9.17, 15) is 4.79 Å². The van der Waals surface area contributed by atoms with Crippen LogP contribution >= 0.6 is 11.6 Å². The summed E-state index contributed by atoms with van der Waals surface area (Å²) in [6, 6.07) is 0. The summed E-state index contributed by atoms with van der Waals surface area (Å²) in [5.41, 5.74) is 0.325. The summed E-state index contributed by atoms with van der Waals surface area (Å²) in [5.74, 6) is -0.424. The van der Waals surface area contributed by atoms with Gasteiger partial charge in [-0.25, -0.2) is 9.78 Å². The van der Waals surface area contributed by atoms with E-state index in [1.165, 1.54) is 6.33 Å². The van der Waals surface area contributed by atoms with Crippen LogP contribution in [0.5, 0.6) is 0 Å². The smallest absolute Gasteiger partial charge is 0.358 e. The molecule has 4 nitrogen and oxygen atoms in total. The molecule has 0 aromatic carbocycles. The van der Waals surface area contributed by atoms with Crippen molar-refractivity contribution in [2.24, 2.45) is 0 Å². The number of aromatic nitrogens is 2. The first-order valence-corrected chi connectivity index (χ1v) is 4.46. The number of esters is 1. The van der Waals surface area contributed by atoms with Gasteiger partial charge < -0.3 is 9.30 Å². The average Bonchev–Trinajstić information content (AvgIpc) is 2.47. The van der Waals surface area contributed by atoms with E-state index < -0.39 is 5.97 Å². The molecule has 0 aliphatic heterocycles. The quantitative estimate of drug-likeness (QED) is 0.702. The van der Waals surface area contributed by atoms with Gasteiger partial charge in [0, 0.05) is 6.54 Å². The van der Waals surface area contributed by atoms with Crippen molar-refractivity contribution in [3.63, 3.8) is 0 Å². The fourth-order valence-electron chi connectivity index (χ4n) is 0.998. The molecule has 0 amide bonds. The highest BCUT2D eigenvalue weighted by molar-refractivity contribution is 6.32. The van der Waals surface area contributed by atoms with Crippen LogP contribution in [0, 0.1) is 0 Å². The number of nitrogens with zero attached hydrogens (tertiary/aromatic N) is 2. The maximum atomic E-state index is 11.3. The van der Waals surface area contributed by atoms with E-state index in [1.54, 1.807) is 11.5 Å². The van der Waals surface area contributed by atoms with Crippen molar-refractivity contribution >= 4 is 17.6 Å². The molecule has 0 atom stereocenters. The lowest BCUT2D eigenvalue weighted by Gasteiger charge is -2.04. The van der Waals surface area contributed by atoms with Crippen LogP contribution in [0.1, 0.15) is 24.3 Å². The highest BCUT2D eigenvalue weighted by atomic mass is 35.5.